The van der Waals surface area contributed by atoms with Crippen molar-refractivity contribution < 1.29 is 14.8 Å². The van der Waals surface area contributed by atoms with Gasteiger partial charge >= 0.3 is 5.97 Å². The van der Waals surface area contributed by atoms with Gasteiger partial charge in [-0.05, 0) is 26.0 Å². The lowest BCUT2D eigenvalue weighted by Crippen LogP contribution is -2.28. The van der Waals surface area contributed by atoms with Gasteiger partial charge in [-0.25, -0.2) is 0 Å². The monoisotopic (exact) mass is 248 g/mol. The van der Waals surface area contributed by atoms with Crippen LogP contribution >= 0.6 is 0 Å². The number of fused-ring (bicyclic) bond motifs is 1. The fourth-order valence-electron chi connectivity index (χ4n) is 1.69. The minimum absolute atomic E-state index is 0.0128. The van der Waals surface area contributed by atoms with Crippen molar-refractivity contribution in [3.8, 4) is 0 Å². The molecule has 1 aromatic heterocycles. The van der Waals surface area contributed by atoms with E-state index in [2.05, 4.69) is 4.98 Å². The zero-order chi connectivity index (χ0) is 13.5. The third-order valence-electron chi connectivity index (χ3n) is 3.02. The Bertz CT molecular complexity index is 643. The van der Waals surface area contributed by atoms with E-state index in [-0.39, 0.29) is 5.69 Å². The zero-order valence-electron chi connectivity index (χ0n) is 9.93. The Hall–Kier alpha value is -2.37. The molecule has 0 spiro atoms. The van der Waals surface area contributed by atoms with E-state index >= 15 is 0 Å². The van der Waals surface area contributed by atoms with Crippen LogP contribution in [-0.2, 0) is 10.2 Å². The average molecular weight is 248 g/mol. The standard InChI is InChI=1S/C12H12N2O4/c1-12(2,11(15)16)10-6-7-5-8(14(17)18)3-4-9(7)13-10/h3-6,13H,1-2H3,(H,15,16). The van der Waals surface area contributed by atoms with E-state index in [9.17, 15) is 14.9 Å². The second-order valence-electron chi connectivity index (χ2n) is 4.64. The molecule has 2 N–H and O–H groups in total. The molecule has 2 rings (SSSR count). The number of carboxylic acids is 1. The molecule has 0 aliphatic heterocycles. The maximum Gasteiger partial charge on any atom is 0.315 e. The Morgan fingerprint density at radius 1 is 1.39 bits per heavy atom. The molecule has 0 fully saturated rings. The molecular weight excluding hydrogens is 236 g/mol. The lowest BCUT2D eigenvalue weighted by Gasteiger charge is -2.16. The quantitative estimate of drug-likeness (QED) is 0.644. The van der Waals surface area contributed by atoms with Gasteiger partial charge in [-0.15, -0.1) is 0 Å². The van der Waals surface area contributed by atoms with Gasteiger partial charge in [0.25, 0.3) is 5.69 Å². The Kier molecular flexibility index (Phi) is 2.58. The smallest absolute Gasteiger partial charge is 0.315 e. The molecule has 0 saturated carbocycles. The topological polar surface area (TPSA) is 96.2 Å². The number of rotatable bonds is 3. The van der Waals surface area contributed by atoms with Gasteiger partial charge in [0.2, 0.25) is 0 Å². The summed E-state index contributed by atoms with van der Waals surface area (Å²) in [4.78, 5) is 24.3. The molecule has 0 unspecified atom stereocenters. The number of carbonyl (C=O) groups is 1. The van der Waals surface area contributed by atoms with Crippen LogP contribution in [0.25, 0.3) is 10.9 Å². The first-order chi connectivity index (χ1) is 8.32. The second-order valence-corrected chi connectivity index (χ2v) is 4.64. The molecule has 0 bridgehead atoms. The highest BCUT2D eigenvalue weighted by atomic mass is 16.6. The zero-order valence-corrected chi connectivity index (χ0v) is 9.93. The number of hydrogen-bond donors (Lipinski definition) is 2. The first-order valence-electron chi connectivity index (χ1n) is 5.33. The van der Waals surface area contributed by atoms with Crippen molar-refractivity contribution in [2.24, 2.45) is 0 Å². The van der Waals surface area contributed by atoms with Crippen LogP contribution in [0.2, 0.25) is 0 Å². The van der Waals surface area contributed by atoms with E-state index in [4.69, 9.17) is 5.11 Å². The number of nitrogens with zero attached hydrogens (tertiary/aromatic N) is 1. The van der Waals surface area contributed by atoms with Crippen LogP contribution in [-0.4, -0.2) is 21.0 Å². The Labute approximate surface area is 102 Å². The summed E-state index contributed by atoms with van der Waals surface area (Å²) < 4.78 is 0. The molecule has 1 heterocycles. The van der Waals surface area contributed by atoms with Crippen LogP contribution in [0.3, 0.4) is 0 Å². The number of carboxylic acid groups (broad SMARTS) is 1. The predicted molar refractivity (Wildman–Crippen MR) is 65.6 cm³/mol. The van der Waals surface area contributed by atoms with Gasteiger partial charge in [0.05, 0.1) is 4.92 Å². The molecule has 0 aliphatic rings. The summed E-state index contributed by atoms with van der Waals surface area (Å²) in [6.45, 7) is 3.16. The highest BCUT2D eigenvalue weighted by molar-refractivity contribution is 5.87. The lowest BCUT2D eigenvalue weighted by atomic mass is 9.90. The maximum atomic E-state index is 11.1. The van der Waals surface area contributed by atoms with Crippen molar-refractivity contribution in [3.05, 3.63) is 40.1 Å². The molecular formula is C12H12N2O4. The van der Waals surface area contributed by atoms with Gasteiger partial charge in [-0.3, -0.25) is 14.9 Å². The Morgan fingerprint density at radius 3 is 2.61 bits per heavy atom. The van der Waals surface area contributed by atoms with Gasteiger partial charge in [0.1, 0.15) is 5.41 Å². The number of non-ortho nitro benzene ring substituents is 1. The number of hydrogen-bond acceptors (Lipinski definition) is 3. The van der Waals surface area contributed by atoms with Crippen LogP contribution in [0.5, 0.6) is 0 Å². The number of benzene rings is 1. The molecule has 0 aliphatic carbocycles. The van der Waals surface area contributed by atoms with Crippen LogP contribution in [0, 0.1) is 10.1 Å². The predicted octanol–water partition coefficient (Wildman–Crippen LogP) is 2.44. The number of nitrogens with one attached hydrogen (secondary N) is 1. The normalized spacial score (nSPS) is 11.7. The van der Waals surface area contributed by atoms with Crippen molar-refractivity contribution in [1.29, 1.82) is 0 Å². The highest BCUT2D eigenvalue weighted by Crippen LogP contribution is 2.28. The van der Waals surface area contributed by atoms with E-state index in [1.165, 1.54) is 12.1 Å². The molecule has 0 saturated heterocycles. The van der Waals surface area contributed by atoms with E-state index in [0.717, 1.165) is 0 Å². The van der Waals surface area contributed by atoms with E-state index in [1.54, 1.807) is 26.0 Å². The number of aromatic nitrogens is 1. The van der Waals surface area contributed by atoms with Gasteiger partial charge < -0.3 is 10.1 Å². The molecule has 0 amide bonds. The summed E-state index contributed by atoms with van der Waals surface area (Å²) in [5, 5.41) is 20.4. The molecule has 94 valence electrons. The molecule has 6 heteroatoms. The average Bonchev–Trinajstić information content (AvgIpc) is 2.71. The summed E-state index contributed by atoms with van der Waals surface area (Å²) >= 11 is 0. The molecule has 2 aromatic rings. The number of nitro benzene ring substituents is 1. The third kappa shape index (κ3) is 1.81. The van der Waals surface area contributed by atoms with E-state index in [0.29, 0.717) is 16.6 Å². The summed E-state index contributed by atoms with van der Waals surface area (Å²) in [6.07, 6.45) is 0. The van der Waals surface area contributed by atoms with Crippen molar-refractivity contribution in [3.63, 3.8) is 0 Å². The number of aliphatic carboxylic acids is 1. The van der Waals surface area contributed by atoms with E-state index < -0.39 is 16.3 Å². The summed E-state index contributed by atoms with van der Waals surface area (Å²) in [5.74, 6) is -0.955. The first kappa shape index (κ1) is 12.1. The van der Waals surface area contributed by atoms with Gasteiger partial charge in [-0.1, -0.05) is 0 Å². The van der Waals surface area contributed by atoms with Crippen molar-refractivity contribution in [2.75, 3.05) is 0 Å². The van der Waals surface area contributed by atoms with Gasteiger partial charge in [-0.2, -0.15) is 0 Å². The number of nitro groups is 1. The highest BCUT2D eigenvalue weighted by Gasteiger charge is 2.31. The summed E-state index contributed by atoms with van der Waals surface area (Å²) in [6, 6.07) is 6.02. The van der Waals surface area contributed by atoms with Gasteiger partial charge in [0.15, 0.2) is 0 Å². The number of H-pyrrole nitrogens is 1. The van der Waals surface area contributed by atoms with Crippen LogP contribution in [0.15, 0.2) is 24.3 Å². The minimum Gasteiger partial charge on any atom is -0.481 e. The first-order valence-corrected chi connectivity index (χ1v) is 5.33. The van der Waals surface area contributed by atoms with E-state index in [1.807, 2.05) is 0 Å². The SMILES string of the molecule is CC(C)(C(=O)O)c1cc2cc([N+](=O)[O-])ccc2[nH]1. The minimum atomic E-state index is -1.06. The second kappa shape index (κ2) is 3.83. The third-order valence-corrected chi connectivity index (χ3v) is 3.02. The fourth-order valence-corrected chi connectivity index (χ4v) is 1.69. The maximum absolute atomic E-state index is 11.1. The number of aromatic amines is 1. The summed E-state index contributed by atoms with van der Waals surface area (Å²) in [5.41, 5.74) is 0.130. The van der Waals surface area contributed by atoms with Crippen molar-refractivity contribution in [1.82, 2.24) is 4.98 Å². The van der Waals surface area contributed by atoms with Gasteiger partial charge in [0, 0.05) is 28.7 Å². The lowest BCUT2D eigenvalue weighted by molar-refractivity contribution is -0.384. The Morgan fingerprint density at radius 2 is 2.06 bits per heavy atom. The Balaban J connectivity index is 2.57. The molecule has 6 nitrogen and oxygen atoms in total. The molecule has 0 radical (unpaired) electrons. The largest absolute Gasteiger partial charge is 0.481 e. The molecule has 0 atom stereocenters. The fraction of sp³-hybridized carbons (Fsp3) is 0.250. The van der Waals surface area contributed by atoms with Crippen LogP contribution < -0.4 is 0 Å². The summed E-state index contributed by atoms with van der Waals surface area (Å²) in [7, 11) is 0. The van der Waals surface area contributed by atoms with Crippen LogP contribution in [0.4, 0.5) is 5.69 Å². The molecule has 18 heavy (non-hydrogen) atoms. The van der Waals surface area contributed by atoms with Crippen molar-refractivity contribution >= 4 is 22.6 Å². The molecule has 1 aromatic carbocycles. The van der Waals surface area contributed by atoms with Crippen LogP contribution in [0.1, 0.15) is 19.5 Å². The van der Waals surface area contributed by atoms with Crippen molar-refractivity contribution in [2.45, 2.75) is 19.3 Å².